The summed E-state index contributed by atoms with van der Waals surface area (Å²) in [4.78, 5) is 13.7. The largest absolute Gasteiger partial charge is 0.465 e. The van der Waals surface area contributed by atoms with Crippen LogP contribution >= 0.6 is 27.3 Å². The van der Waals surface area contributed by atoms with Crippen LogP contribution in [0.2, 0.25) is 0 Å². The van der Waals surface area contributed by atoms with Crippen molar-refractivity contribution in [3.63, 3.8) is 0 Å². The molecule has 2 nitrogen and oxygen atoms in total. The molecule has 0 amide bonds. The Morgan fingerprint density at radius 1 is 1.08 bits per heavy atom. The molecule has 0 spiro atoms. The number of hydrogen-bond acceptors (Lipinski definition) is 3. The van der Waals surface area contributed by atoms with Gasteiger partial charge >= 0.3 is 5.97 Å². The Balaban J connectivity index is 2.27. The van der Waals surface area contributed by atoms with Crippen LogP contribution in [-0.2, 0) is 10.1 Å². The lowest BCUT2D eigenvalue weighted by Crippen LogP contribution is -2.03. The van der Waals surface area contributed by atoms with Crippen molar-refractivity contribution in [2.24, 2.45) is 0 Å². The first kappa shape index (κ1) is 17.8. The van der Waals surface area contributed by atoms with E-state index < -0.39 is 17.6 Å². The van der Waals surface area contributed by atoms with Crippen molar-refractivity contribution in [3.8, 4) is 21.6 Å². The Hall–Kier alpha value is -2.05. The van der Waals surface area contributed by atoms with Gasteiger partial charge in [0.1, 0.15) is 0 Å². The summed E-state index contributed by atoms with van der Waals surface area (Å²) >= 11 is 4.82. The summed E-state index contributed by atoms with van der Waals surface area (Å²) < 4.78 is 32.9. The maximum atomic E-state index is 14.3. The lowest BCUT2D eigenvalue weighted by Gasteiger charge is -2.10. The number of benzene rings is 2. The van der Waals surface area contributed by atoms with E-state index in [0.29, 0.717) is 26.9 Å². The Morgan fingerprint density at radius 3 is 2.52 bits per heavy atom. The SMILES string of the molecule is COC(=O)c1ccccc1-c1sc(CBr)cc1-c1cccc(F)c1F. The highest BCUT2D eigenvalue weighted by atomic mass is 79.9. The highest BCUT2D eigenvalue weighted by molar-refractivity contribution is 9.08. The highest BCUT2D eigenvalue weighted by Gasteiger charge is 2.21. The third-order valence-electron chi connectivity index (χ3n) is 3.73. The van der Waals surface area contributed by atoms with Crippen LogP contribution in [0.15, 0.2) is 48.5 Å². The molecule has 1 aromatic heterocycles. The Morgan fingerprint density at radius 2 is 1.80 bits per heavy atom. The average molecular weight is 423 g/mol. The van der Waals surface area contributed by atoms with Crippen molar-refractivity contribution in [2.45, 2.75) is 5.33 Å². The zero-order valence-electron chi connectivity index (χ0n) is 13.2. The summed E-state index contributed by atoms with van der Waals surface area (Å²) in [7, 11) is 1.31. The molecule has 3 aromatic rings. The van der Waals surface area contributed by atoms with E-state index in [9.17, 15) is 13.6 Å². The second-order valence-electron chi connectivity index (χ2n) is 5.23. The van der Waals surface area contributed by atoms with Gasteiger partial charge < -0.3 is 4.74 Å². The molecule has 0 radical (unpaired) electrons. The maximum absolute atomic E-state index is 14.3. The number of thiophene rings is 1. The van der Waals surface area contributed by atoms with E-state index in [1.165, 1.54) is 30.6 Å². The van der Waals surface area contributed by atoms with Gasteiger partial charge in [0, 0.05) is 31.8 Å². The number of esters is 1. The number of carbonyl (C=O) groups excluding carboxylic acids is 1. The van der Waals surface area contributed by atoms with Crippen LogP contribution in [0.1, 0.15) is 15.2 Å². The van der Waals surface area contributed by atoms with Gasteiger partial charge in [-0.25, -0.2) is 13.6 Å². The molecule has 128 valence electrons. The molecule has 0 unspecified atom stereocenters. The van der Waals surface area contributed by atoms with E-state index >= 15 is 0 Å². The first-order valence-electron chi connectivity index (χ1n) is 7.37. The van der Waals surface area contributed by atoms with Gasteiger partial charge in [-0.3, -0.25) is 0 Å². The third kappa shape index (κ3) is 3.37. The number of methoxy groups -OCH3 is 1. The summed E-state index contributed by atoms with van der Waals surface area (Å²) in [5.74, 6) is -2.29. The van der Waals surface area contributed by atoms with Crippen LogP contribution < -0.4 is 0 Å². The quantitative estimate of drug-likeness (QED) is 0.378. The molecule has 0 saturated carbocycles. The van der Waals surface area contributed by atoms with E-state index in [2.05, 4.69) is 15.9 Å². The monoisotopic (exact) mass is 422 g/mol. The molecule has 0 saturated heterocycles. The van der Waals surface area contributed by atoms with Gasteiger partial charge in [-0.1, -0.05) is 46.3 Å². The molecular weight excluding hydrogens is 410 g/mol. The summed E-state index contributed by atoms with van der Waals surface area (Å²) in [5, 5.41) is 0.571. The Kier molecular flexibility index (Phi) is 5.30. The second kappa shape index (κ2) is 7.45. The van der Waals surface area contributed by atoms with Gasteiger partial charge in [0.15, 0.2) is 11.6 Å². The van der Waals surface area contributed by atoms with Crippen LogP contribution in [0.5, 0.6) is 0 Å². The van der Waals surface area contributed by atoms with Gasteiger partial charge in [0.05, 0.1) is 12.7 Å². The van der Waals surface area contributed by atoms with E-state index in [0.717, 1.165) is 10.9 Å². The molecule has 0 bridgehead atoms. The minimum atomic E-state index is -0.906. The van der Waals surface area contributed by atoms with Crippen LogP contribution in [0.4, 0.5) is 8.78 Å². The van der Waals surface area contributed by atoms with Crippen molar-refractivity contribution in [1.82, 2.24) is 0 Å². The van der Waals surface area contributed by atoms with Gasteiger partial charge in [0.25, 0.3) is 0 Å². The van der Waals surface area contributed by atoms with Crippen molar-refractivity contribution in [3.05, 3.63) is 70.6 Å². The minimum absolute atomic E-state index is 0.165. The van der Waals surface area contributed by atoms with E-state index in [4.69, 9.17) is 4.74 Å². The predicted octanol–water partition coefficient (Wildman–Crippen LogP) is 6.04. The van der Waals surface area contributed by atoms with Crippen molar-refractivity contribution in [1.29, 1.82) is 0 Å². The Labute approximate surface area is 156 Å². The number of hydrogen-bond donors (Lipinski definition) is 0. The van der Waals surface area contributed by atoms with Crippen molar-refractivity contribution >= 4 is 33.2 Å². The van der Waals surface area contributed by atoms with Crippen LogP contribution in [0.25, 0.3) is 21.6 Å². The summed E-state index contributed by atoms with van der Waals surface area (Å²) in [6, 6.07) is 12.8. The van der Waals surface area contributed by atoms with Gasteiger partial charge in [0.2, 0.25) is 0 Å². The van der Waals surface area contributed by atoms with Gasteiger partial charge in [-0.05, 0) is 18.2 Å². The number of alkyl halides is 1. The smallest absolute Gasteiger partial charge is 0.338 e. The maximum Gasteiger partial charge on any atom is 0.338 e. The van der Waals surface area contributed by atoms with Gasteiger partial charge in [-0.2, -0.15) is 0 Å². The molecule has 0 aliphatic carbocycles. The molecule has 0 fully saturated rings. The lowest BCUT2D eigenvalue weighted by atomic mass is 9.98. The first-order valence-corrected chi connectivity index (χ1v) is 9.31. The normalized spacial score (nSPS) is 10.7. The highest BCUT2D eigenvalue weighted by Crippen LogP contribution is 2.42. The van der Waals surface area contributed by atoms with Crippen LogP contribution in [0.3, 0.4) is 0 Å². The van der Waals surface area contributed by atoms with E-state index in [1.54, 1.807) is 30.3 Å². The standard InChI is InChI=1S/C19H13BrF2O2S/c1-24-19(23)14-6-3-2-5-13(14)18-15(9-11(10-20)25-18)12-7-4-8-16(21)17(12)22/h2-9H,10H2,1H3. The Bertz CT molecular complexity index is 937. The predicted molar refractivity (Wildman–Crippen MR) is 99.1 cm³/mol. The fourth-order valence-corrected chi connectivity index (χ4v) is 4.15. The van der Waals surface area contributed by atoms with Crippen LogP contribution in [-0.4, -0.2) is 13.1 Å². The molecule has 2 aromatic carbocycles. The first-order chi connectivity index (χ1) is 12.1. The zero-order valence-corrected chi connectivity index (χ0v) is 15.6. The lowest BCUT2D eigenvalue weighted by molar-refractivity contribution is 0.0601. The molecule has 25 heavy (non-hydrogen) atoms. The molecule has 0 N–H and O–H groups in total. The molecule has 0 aliphatic heterocycles. The number of halogens is 3. The fraction of sp³-hybridized carbons (Fsp3) is 0.105. The zero-order chi connectivity index (χ0) is 18.0. The number of carbonyl (C=O) groups is 1. The number of rotatable bonds is 4. The van der Waals surface area contributed by atoms with Crippen LogP contribution in [0, 0.1) is 11.6 Å². The summed E-state index contributed by atoms with van der Waals surface area (Å²) in [5.41, 5.74) is 1.72. The van der Waals surface area contributed by atoms with E-state index in [-0.39, 0.29) is 5.56 Å². The number of ether oxygens (including phenoxy) is 1. The third-order valence-corrected chi connectivity index (χ3v) is 5.88. The summed E-state index contributed by atoms with van der Waals surface area (Å²) in [6.45, 7) is 0. The molecule has 0 atom stereocenters. The van der Waals surface area contributed by atoms with Crippen molar-refractivity contribution in [2.75, 3.05) is 7.11 Å². The molecule has 1 heterocycles. The fourth-order valence-electron chi connectivity index (χ4n) is 2.59. The van der Waals surface area contributed by atoms with Gasteiger partial charge in [-0.15, -0.1) is 11.3 Å². The minimum Gasteiger partial charge on any atom is -0.465 e. The molecule has 0 aliphatic rings. The summed E-state index contributed by atoms with van der Waals surface area (Å²) in [6.07, 6.45) is 0. The molecule has 6 heteroatoms. The average Bonchev–Trinajstić information content (AvgIpc) is 3.07. The molecule has 3 rings (SSSR count). The topological polar surface area (TPSA) is 26.3 Å². The van der Waals surface area contributed by atoms with E-state index in [1.807, 2.05) is 0 Å². The van der Waals surface area contributed by atoms with Crippen molar-refractivity contribution < 1.29 is 18.3 Å². The molecular formula is C19H13BrF2O2S. The second-order valence-corrected chi connectivity index (χ2v) is 6.93.